The molecule has 0 aliphatic carbocycles. The molecule has 0 saturated carbocycles. The molecule has 0 aromatic carbocycles. The van der Waals surface area contributed by atoms with Crippen LogP contribution in [0, 0.1) is 0 Å². The van der Waals surface area contributed by atoms with Gasteiger partial charge in [-0.3, -0.25) is 0 Å². The Kier molecular flexibility index (Phi) is 4.82. The summed E-state index contributed by atoms with van der Waals surface area (Å²) in [5, 5.41) is 0. The van der Waals surface area contributed by atoms with E-state index in [0.29, 0.717) is 16.8 Å². The molecule has 1 unspecified atom stereocenters. The van der Waals surface area contributed by atoms with Crippen LogP contribution in [-0.2, 0) is 10.0 Å². The molecule has 1 aliphatic heterocycles. The van der Waals surface area contributed by atoms with E-state index in [9.17, 15) is 8.42 Å². The lowest BCUT2D eigenvalue weighted by molar-refractivity contribution is 0.297. The zero-order valence-corrected chi connectivity index (χ0v) is 13.4. The molecule has 18 heavy (non-hydrogen) atoms. The van der Waals surface area contributed by atoms with Gasteiger partial charge >= 0.3 is 0 Å². The van der Waals surface area contributed by atoms with Gasteiger partial charge in [-0.25, -0.2) is 13.1 Å². The molecule has 2 heterocycles. The van der Waals surface area contributed by atoms with Gasteiger partial charge in [0.05, 0.1) is 3.79 Å². The van der Waals surface area contributed by atoms with E-state index >= 15 is 0 Å². The van der Waals surface area contributed by atoms with Gasteiger partial charge in [0, 0.05) is 12.6 Å². The van der Waals surface area contributed by atoms with Crippen molar-refractivity contribution >= 4 is 37.3 Å². The van der Waals surface area contributed by atoms with E-state index in [-0.39, 0.29) is 0 Å². The second-order valence-electron chi connectivity index (χ2n) is 4.52. The number of sulfonamides is 1. The van der Waals surface area contributed by atoms with Gasteiger partial charge in [0.1, 0.15) is 4.21 Å². The summed E-state index contributed by atoms with van der Waals surface area (Å²) >= 11 is 4.51. The topological polar surface area (TPSA) is 49.4 Å². The lowest BCUT2D eigenvalue weighted by Gasteiger charge is -2.19. The SMILES string of the molecule is CN1CCCC1CCNS(=O)(=O)c1ccc(Br)s1. The van der Waals surface area contributed by atoms with Crippen LogP contribution in [0.1, 0.15) is 19.3 Å². The van der Waals surface area contributed by atoms with Gasteiger partial charge < -0.3 is 4.90 Å². The molecular formula is C11H17BrN2O2S2. The zero-order chi connectivity index (χ0) is 13.2. The number of hydrogen-bond acceptors (Lipinski definition) is 4. The predicted octanol–water partition coefficient (Wildman–Crippen LogP) is 2.27. The summed E-state index contributed by atoms with van der Waals surface area (Å²) < 4.78 is 27.8. The van der Waals surface area contributed by atoms with Gasteiger partial charge in [-0.2, -0.15) is 0 Å². The van der Waals surface area contributed by atoms with Crippen LogP contribution in [0.2, 0.25) is 0 Å². The first-order valence-electron chi connectivity index (χ1n) is 5.94. The summed E-state index contributed by atoms with van der Waals surface area (Å²) in [4.78, 5) is 2.30. The number of thiophene rings is 1. The maximum atomic E-state index is 12.0. The Bertz CT molecular complexity index is 501. The van der Waals surface area contributed by atoms with Crippen molar-refractivity contribution in [2.45, 2.75) is 29.5 Å². The molecular weight excluding hydrogens is 336 g/mol. The molecule has 1 fully saturated rings. The van der Waals surface area contributed by atoms with Crippen molar-refractivity contribution in [1.82, 2.24) is 9.62 Å². The molecule has 1 aromatic rings. The minimum absolute atomic E-state index is 0.370. The molecule has 1 aliphatic rings. The van der Waals surface area contributed by atoms with E-state index in [1.807, 2.05) is 0 Å². The second-order valence-corrected chi connectivity index (χ2v) is 8.98. The van der Waals surface area contributed by atoms with Crippen molar-refractivity contribution < 1.29 is 8.42 Å². The monoisotopic (exact) mass is 352 g/mol. The first kappa shape index (κ1) is 14.5. The summed E-state index contributed by atoms with van der Waals surface area (Å²) in [6.07, 6.45) is 3.26. The lowest BCUT2D eigenvalue weighted by atomic mass is 10.1. The molecule has 4 nitrogen and oxygen atoms in total. The van der Waals surface area contributed by atoms with Crippen molar-refractivity contribution in [2.75, 3.05) is 20.1 Å². The lowest BCUT2D eigenvalue weighted by Crippen LogP contribution is -2.31. The minimum atomic E-state index is -3.33. The van der Waals surface area contributed by atoms with Crippen LogP contribution in [0.4, 0.5) is 0 Å². The highest BCUT2D eigenvalue weighted by atomic mass is 79.9. The van der Waals surface area contributed by atoms with Crippen molar-refractivity contribution in [3.05, 3.63) is 15.9 Å². The van der Waals surface area contributed by atoms with E-state index in [1.54, 1.807) is 12.1 Å². The maximum Gasteiger partial charge on any atom is 0.250 e. The number of hydrogen-bond donors (Lipinski definition) is 1. The third-order valence-corrected chi connectivity index (χ3v) is 6.83. The van der Waals surface area contributed by atoms with Crippen LogP contribution >= 0.6 is 27.3 Å². The molecule has 102 valence electrons. The van der Waals surface area contributed by atoms with E-state index in [2.05, 4.69) is 32.6 Å². The first-order valence-corrected chi connectivity index (χ1v) is 9.03. The fourth-order valence-corrected chi connectivity index (χ4v) is 5.32. The Hall–Kier alpha value is 0.0500. The molecule has 0 bridgehead atoms. The number of nitrogens with zero attached hydrogens (tertiary/aromatic N) is 1. The number of rotatable bonds is 5. The highest BCUT2D eigenvalue weighted by Gasteiger charge is 2.22. The van der Waals surface area contributed by atoms with Crippen LogP contribution in [0.15, 0.2) is 20.1 Å². The van der Waals surface area contributed by atoms with Gasteiger partial charge in [0.2, 0.25) is 10.0 Å². The molecule has 0 radical (unpaired) electrons. The molecule has 1 aromatic heterocycles. The Morgan fingerprint density at radius 1 is 1.56 bits per heavy atom. The quantitative estimate of drug-likeness (QED) is 0.884. The van der Waals surface area contributed by atoms with E-state index in [0.717, 1.165) is 16.8 Å². The maximum absolute atomic E-state index is 12.0. The second kappa shape index (κ2) is 6.00. The van der Waals surface area contributed by atoms with Gasteiger partial charge in [-0.15, -0.1) is 11.3 Å². The number of likely N-dealkylation sites (tertiary alicyclic amines) is 1. The van der Waals surface area contributed by atoms with Crippen LogP contribution < -0.4 is 4.72 Å². The van der Waals surface area contributed by atoms with Gasteiger partial charge in [-0.05, 0) is 60.9 Å². The summed E-state index contributed by atoms with van der Waals surface area (Å²) in [5.41, 5.74) is 0. The van der Waals surface area contributed by atoms with E-state index in [4.69, 9.17) is 0 Å². The fraction of sp³-hybridized carbons (Fsp3) is 0.636. The van der Waals surface area contributed by atoms with E-state index in [1.165, 1.54) is 24.2 Å². The Labute approximate surface area is 121 Å². The van der Waals surface area contributed by atoms with Gasteiger partial charge in [0.25, 0.3) is 0 Å². The Balaban J connectivity index is 1.86. The Morgan fingerprint density at radius 3 is 2.89 bits per heavy atom. The van der Waals surface area contributed by atoms with Crippen molar-refractivity contribution in [1.29, 1.82) is 0 Å². The first-order chi connectivity index (χ1) is 8.49. The van der Waals surface area contributed by atoms with Gasteiger partial charge in [0.15, 0.2) is 0 Å². The molecule has 1 N–H and O–H groups in total. The van der Waals surface area contributed by atoms with Crippen molar-refractivity contribution in [2.24, 2.45) is 0 Å². The minimum Gasteiger partial charge on any atom is -0.303 e. The summed E-state index contributed by atoms with van der Waals surface area (Å²) in [7, 11) is -1.23. The summed E-state index contributed by atoms with van der Waals surface area (Å²) in [6.45, 7) is 1.63. The van der Waals surface area contributed by atoms with Crippen LogP contribution in [0.3, 0.4) is 0 Å². The number of nitrogens with one attached hydrogen (secondary N) is 1. The fourth-order valence-electron chi connectivity index (χ4n) is 2.22. The summed E-state index contributed by atoms with van der Waals surface area (Å²) in [5.74, 6) is 0. The average molecular weight is 353 g/mol. The predicted molar refractivity (Wildman–Crippen MR) is 77.5 cm³/mol. The average Bonchev–Trinajstić information content (AvgIpc) is 2.89. The van der Waals surface area contributed by atoms with Crippen LogP contribution in [0.5, 0.6) is 0 Å². The van der Waals surface area contributed by atoms with Crippen LogP contribution in [0.25, 0.3) is 0 Å². The largest absolute Gasteiger partial charge is 0.303 e. The standard InChI is InChI=1S/C11H17BrN2O2S2/c1-14-8-2-3-9(14)6-7-13-18(15,16)11-5-4-10(12)17-11/h4-5,9,13H,2-3,6-8H2,1H3. The van der Waals surface area contributed by atoms with Crippen LogP contribution in [-0.4, -0.2) is 39.5 Å². The molecule has 2 rings (SSSR count). The molecule has 1 atom stereocenters. The molecule has 1 saturated heterocycles. The molecule has 0 amide bonds. The smallest absolute Gasteiger partial charge is 0.250 e. The van der Waals surface area contributed by atoms with Crippen molar-refractivity contribution in [3.63, 3.8) is 0 Å². The summed E-state index contributed by atoms with van der Waals surface area (Å²) in [6, 6.07) is 3.89. The number of halogens is 1. The third-order valence-electron chi connectivity index (χ3n) is 3.25. The van der Waals surface area contributed by atoms with E-state index < -0.39 is 10.0 Å². The normalized spacial score (nSPS) is 21.6. The Morgan fingerprint density at radius 2 is 2.33 bits per heavy atom. The van der Waals surface area contributed by atoms with Crippen molar-refractivity contribution in [3.8, 4) is 0 Å². The molecule has 0 spiro atoms. The highest BCUT2D eigenvalue weighted by molar-refractivity contribution is 9.11. The highest BCUT2D eigenvalue weighted by Crippen LogP contribution is 2.26. The van der Waals surface area contributed by atoms with Gasteiger partial charge in [-0.1, -0.05) is 0 Å². The molecule has 7 heteroatoms. The third kappa shape index (κ3) is 3.54. The zero-order valence-electron chi connectivity index (χ0n) is 10.2.